The lowest BCUT2D eigenvalue weighted by molar-refractivity contribution is 0.0932. The fourth-order valence-electron chi connectivity index (χ4n) is 1.63. The van der Waals surface area contributed by atoms with Crippen LogP contribution in [0.1, 0.15) is 30.3 Å². The lowest BCUT2D eigenvalue weighted by atomic mass is 10.3. The summed E-state index contributed by atoms with van der Waals surface area (Å²) in [6.45, 7) is 5.63. The Labute approximate surface area is 106 Å². The van der Waals surface area contributed by atoms with Crippen LogP contribution in [-0.4, -0.2) is 26.7 Å². The highest BCUT2D eigenvalue weighted by Crippen LogP contribution is 2.08. The summed E-state index contributed by atoms with van der Waals surface area (Å²) in [6.07, 6.45) is 0. The minimum Gasteiger partial charge on any atom is -0.347 e. The third kappa shape index (κ3) is 2.56. The van der Waals surface area contributed by atoms with E-state index >= 15 is 0 Å². The van der Waals surface area contributed by atoms with Crippen LogP contribution in [0.15, 0.2) is 30.3 Å². The topological polar surface area (TPSA) is 59.8 Å². The maximum atomic E-state index is 11.8. The van der Waals surface area contributed by atoms with Crippen LogP contribution < -0.4 is 5.32 Å². The van der Waals surface area contributed by atoms with Crippen LogP contribution in [0.25, 0.3) is 5.69 Å². The predicted molar refractivity (Wildman–Crippen MR) is 68.7 cm³/mol. The van der Waals surface area contributed by atoms with Crippen molar-refractivity contribution in [3.63, 3.8) is 0 Å². The first-order valence-corrected chi connectivity index (χ1v) is 5.88. The molecule has 94 valence electrons. The van der Waals surface area contributed by atoms with Crippen molar-refractivity contribution in [1.29, 1.82) is 0 Å². The molecule has 1 N–H and O–H groups in total. The average molecular weight is 244 g/mol. The number of benzene rings is 1. The Kier molecular flexibility index (Phi) is 3.41. The second-order valence-corrected chi connectivity index (χ2v) is 4.36. The number of amides is 1. The molecule has 0 aliphatic carbocycles. The summed E-state index contributed by atoms with van der Waals surface area (Å²) < 4.78 is 1.66. The Balaban J connectivity index is 2.30. The number of nitrogens with zero attached hydrogens (tertiary/aromatic N) is 3. The van der Waals surface area contributed by atoms with Crippen molar-refractivity contribution in [3.8, 4) is 5.69 Å². The Morgan fingerprint density at radius 3 is 2.56 bits per heavy atom. The molecule has 5 nitrogen and oxygen atoms in total. The first kappa shape index (κ1) is 12.3. The van der Waals surface area contributed by atoms with Gasteiger partial charge in [0.05, 0.1) is 5.69 Å². The van der Waals surface area contributed by atoms with E-state index < -0.39 is 0 Å². The molecule has 2 aromatic rings. The number of aromatic nitrogens is 3. The smallest absolute Gasteiger partial charge is 0.291 e. The summed E-state index contributed by atoms with van der Waals surface area (Å²) in [4.78, 5) is 16.0. The summed E-state index contributed by atoms with van der Waals surface area (Å²) in [5.41, 5.74) is 0.895. The predicted octanol–water partition coefficient (Wildman–Crippen LogP) is 1.71. The molecular weight excluding hydrogens is 228 g/mol. The summed E-state index contributed by atoms with van der Waals surface area (Å²) in [5.74, 6) is 0.642. The zero-order chi connectivity index (χ0) is 13.1. The molecule has 0 bridgehead atoms. The molecule has 1 amide bonds. The van der Waals surface area contributed by atoms with Crippen LogP contribution in [-0.2, 0) is 0 Å². The van der Waals surface area contributed by atoms with Gasteiger partial charge in [-0.15, -0.1) is 5.10 Å². The number of carbonyl (C=O) groups excluding carboxylic acids is 1. The van der Waals surface area contributed by atoms with Gasteiger partial charge >= 0.3 is 0 Å². The van der Waals surface area contributed by atoms with Crippen LogP contribution in [0, 0.1) is 6.92 Å². The third-order valence-corrected chi connectivity index (χ3v) is 2.39. The lowest BCUT2D eigenvalue weighted by Gasteiger charge is -2.04. The second kappa shape index (κ2) is 5.00. The van der Waals surface area contributed by atoms with E-state index in [1.54, 1.807) is 4.68 Å². The first-order chi connectivity index (χ1) is 8.58. The largest absolute Gasteiger partial charge is 0.347 e. The van der Waals surface area contributed by atoms with Crippen molar-refractivity contribution in [1.82, 2.24) is 20.1 Å². The van der Waals surface area contributed by atoms with E-state index in [2.05, 4.69) is 15.4 Å². The van der Waals surface area contributed by atoms with Crippen LogP contribution >= 0.6 is 0 Å². The summed E-state index contributed by atoms with van der Waals surface area (Å²) in [7, 11) is 0. The summed E-state index contributed by atoms with van der Waals surface area (Å²) in [6, 6.07) is 9.69. The Bertz CT molecular complexity index is 545. The van der Waals surface area contributed by atoms with Gasteiger partial charge < -0.3 is 5.32 Å². The van der Waals surface area contributed by atoms with E-state index in [0.29, 0.717) is 5.82 Å². The van der Waals surface area contributed by atoms with Gasteiger partial charge in [0, 0.05) is 6.04 Å². The van der Waals surface area contributed by atoms with Gasteiger partial charge in [0.2, 0.25) is 5.82 Å². The molecule has 0 fully saturated rings. The second-order valence-electron chi connectivity index (χ2n) is 4.36. The number of rotatable bonds is 3. The highest BCUT2D eigenvalue weighted by molar-refractivity contribution is 5.90. The molecular formula is C13H16N4O. The monoisotopic (exact) mass is 244 g/mol. The van der Waals surface area contributed by atoms with Gasteiger partial charge in [-0.25, -0.2) is 9.67 Å². The molecule has 0 radical (unpaired) electrons. The normalized spacial score (nSPS) is 10.7. The van der Waals surface area contributed by atoms with Gasteiger partial charge in [-0.05, 0) is 32.9 Å². The number of nitrogens with one attached hydrogen (secondary N) is 1. The van der Waals surface area contributed by atoms with Crippen molar-refractivity contribution in [3.05, 3.63) is 42.0 Å². The summed E-state index contributed by atoms with van der Waals surface area (Å²) in [5, 5.41) is 7.00. The van der Waals surface area contributed by atoms with E-state index in [4.69, 9.17) is 0 Å². The zero-order valence-electron chi connectivity index (χ0n) is 10.7. The molecule has 2 rings (SSSR count). The van der Waals surface area contributed by atoms with E-state index in [-0.39, 0.29) is 17.8 Å². The average Bonchev–Trinajstić information content (AvgIpc) is 2.72. The molecule has 0 saturated heterocycles. The number of carbonyl (C=O) groups is 1. The molecule has 0 spiro atoms. The molecule has 0 aliphatic heterocycles. The maximum Gasteiger partial charge on any atom is 0.291 e. The molecule has 0 aliphatic rings. The van der Waals surface area contributed by atoms with Gasteiger partial charge in [0.25, 0.3) is 5.91 Å². The van der Waals surface area contributed by atoms with Crippen molar-refractivity contribution < 1.29 is 4.79 Å². The Hall–Kier alpha value is -2.17. The first-order valence-electron chi connectivity index (χ1n) is 5.88. The van der Waals surface area contributed by atoms with Crippen LogP contribution in [0.2, 0.25) is 0 Å². The van der Waals surface area contributed by atoms with Crippen molar-refractivity contribution >= 4 is 5.91 Å². The van der Waals surface area contributed by atoms with Gasteiger partial charge in [0.1, 0.15) is 5.82 Å². The highest BCUT2D eigenvalue weighted by atomic mass is 16.2. The van der Waals surface area contributed by atoms with Crippen molar-refractivity contribution in [2.45, 2.75) is 26.8 Å². The number of aryl methyl sites for hydroxylation is 1. The Morgan fingerprint density at radius 1 is 1.28 bits per heavy atom. The van der Waals surface area contributed by atoms with Gasteiger partial charge in [-0.3, -0.25) is 4.79 Å². The minimum absolute atomic E-state index is 0.0708. The molecule has 5 heteroatoms. The van der Waals surface area contributed by atoms with E-state index in [1.165, 1.54) is 0 Å². The molecule has 0 saturated carbocycles. The van der Waals surface area contributed by atoms with Crippen molar-refractivity contribution in [2.75, 3.05) is 0 Å². The molecule has 0 unspecified atom stereocenters. The quantitative estimate of drug-likeness (QED) is 0.894. The molecule has 1 heterocycles. The number of hydrogen-bond acceptors (Lipinski definition) is 3. The van der Waals surface area contributed by atoms with Gasteiger partial charge in [0.15, 0.2) is 0 Å². The maximum absolute atomic E-state index is 11.8. The van der Waals surface area contributed by atoms with E-state index in [0.717, 1.165) is 5.69 Å². The fourth-order valence-corrected chi connectivity index (χ4v) is 1.63. The van der Waals surface area contributed by atoms with Crippen molar-refractivity contribution in [2.24, 2.45) is 0 Å². The van der Waals surface area contributed by atoms with Gasteiger partial charge in [-0.1, -0.05) is 18.2 Å². The van der Waals surface area contributed by atoms with Gasteiger partial charge in [-0.2, -0.15) is 0 Å². The minimum atomic E-state index is -0.247. The highest BCUT2D eigenvalue weighted by Gasteiger charge is 2.15. The van der Waals surface area contributed by atoms with Crippen LogP contribution in [0.4, 0.5) is 0 Å². The molecule has 0 atom stereocenters. The SMILES string of the molecule is Cc1nc(C(=O)NC(C)C)nn1-c1ccccc1. The third-order valence-electron chi connectivity index (χ3n) is 2.39. The molecule has 1 aromatic carbocycles. The molecule has 1 aromatic heterocycles. The van der Waals surface area contributed by atoms with Crippen LogP contribution in [0.3, 0.4) is 0 Å². The fraction of sp³-hybridized carbons (Fsp3) is 0.308. The number of hydrogen-bond donors (Lipinski definition) is 1. The van der Waals surface area contributed by atoms with Crippen LogP contribution in [0.5, 0.6) is 0 Å². The zero-order valence-corrected chi connectivity index (χ0v) is 10.7. The van der Waals surface area contributed by atoms with E-state index in [9.17, 15) is 4.79 Å². The van der Waals surface area contributed by atoms with E-state index in [1.807, 2.05) is 51.1 Å². The Morgan fingerprint density at radius 2 is 1.94 bits per heavy atom. The standard InChI is InChI=1S/C13H16N4O/c1-9(2)14-13(18)12-15-10(3)17(16-12)11-7-5-4-6-8-11/h4-9H,1-3H3,(H,14,18). The lowest BCUT2D eigenvalue weighted by Crippen LogP contribution is -2.31. The number of para-hydroxylation sites is 1. The molecule has 18 heavy (non-hydrogen) atoms. The summed E-state index contributed by atoms with van der Waals surface area (Å²) >= 11 is 0.